The first-order chi connectivity index (χ1) is 16.6. The maximum absolute atomic E-state index is 13.0. The smallest absolute Gasteiger partial charge is 0.338 e. The van der Waals surface area contributed by atoms with Gasteiger partial charge in [0.25, 0.3) is 0 Å². The lowest BCUT2D eigenvalue weighted by Gasteiger charge is -2.37. The highest BCUT2D eigenvalue weighted by molar-refractivity contribution is 7.80. The Morgan fingerprint density at radius 1 is 1.09 bits per heavy atom. The summed E-state index contributed by atoms with van der Waals surface area (Å²) in [5.41, 5.74) is 5.70. The third-order valence-electron chi connectivity index (χ3n) is 6.03. The molecule has 1 unspecified atom stereocenters. The number of aryl methyl sites for hydroxylation is 1. The van der Waals surface area contributed by atoms with E-state index in [4.69, 9.17) is 17.0 Å². The number of allylic oxidation sites excluding steroid dienone is 1. The molecule has 0 saturated carbocycles. The number of ether oxygens (including phenoxy) is 1. The summed E-state index contributed by atoms with van der Waals surface area (Å²) < 4.78 is 5.57. The van der Waals surface area contributed by atoms with Crippen LogP contribution in [-0.2, 0) is 9.53 Å². The highest BCUT2D eigenvalue weighted by atomic mass is 32.1. The quantitative estimate of drug-likeness (QED) is 0.340. The summed E-state index contributed by atoms with van der Waals surface area (Å²) in [5.74, 6) is -0.122. The minimum Gasteiger partial charge on any atom is -0.462 e. The van der Waals surface area contributed by atoms with Gasteiger partial charge in [0.15, 0.2) is 5.11 Å². The fourth-order valence-electron chi connectivity index (χ4n) is 3.93. The monoisotopic (exact) mass is 494 g/mol. The maximum atomic E-state index is 13.0. The summed E-state index contributed by atoms with van der Waals surface area (Å²) >= 11 is 5.55. The van der Waals surface area contributed by atoms with Gasteiger partial charge in [0.1, 0.15) is 0 Å². The SMILES string of the molecule is CCN1C(=S)NC(c2ccc(NC(=O)Nc3cccc(C)c3C)cc2)C(C(=O)OCC(C)C)=C1C. The molecule has 0 fully saturated rings. The molecule has 2 aromatic rings. The normalized spacial score (nSPS) is 15.7. The van der Waals surface area contributed by atoms with Gasteiger partial charge in [0.2, 0.25) is 0 Å². The van der Waals surface area contributed by atoms with Crippen LogP contribution in [0.5, 0.6) is 0 Å². The number of hydrogen-bond acceptors (Lipinski definition) is 4. The second-order valence-corrected chi connectivity index (χ2v) is 9.45. The molecule has 1 aliphatic rings. The minimum absolute atomic E-state index is 0.235. The van der Waals surface area contributed by atoms with Gasteiger partial charge in [-0.25, -0.2) is 9.59 Å². The molecule has 3 rings (SSSR count). The van der Waals surface area contributed by atoms with Crippen molar-refractivity contribution in [3.8, 4) is 0 Å². The summed E-state index contributed by atoms with van der Waals surface area (Å²) in [7, 11) is 0. The van der Waals surface area contributed by atoms with Crippen molar-refractivity contribution in [1.82, 2.24) is 10.2 Å². The molecule has 7 nitrogen and oxygen atoms in total. The zero-order valence-electron chi connectivity index (χ0n) is 21.2. The Balaban J connectivity index is 1.79. The van der Waals surface area contributed by atoms with Crippen LogP contribution in [-0.4, -0.2) is 35.2 Å². The molecular formula is C27H34N4O3S. The summed E-state index contributed by atoms with van der Waals surface area (Å²) in [6, 6.07) is 12.4. The molecule has 0 bridgehead atoms. The molecule has 3 N–H and O–H groups in total. The molecule has 1 atom stereocenters. The Labute approximate surface area is 212 Å². The van der Waals surface area contributed by atoms with Gasteiger partial charge in [-0.05, 0) is 80.7 Å². The van der Waals surface area contributed by atoms with Crippen LogP contribution in [0, 0.1) is 19.8 Å². The van der Waals surface area contributed by atoms with E-state index in [0.29, 0.717) is 29.5 Å². The molecule has 8 heteroatoms. The fraction of sp³-hybridized carbons (Fsp3) is 0.370. The van der Waals surface area contributed by atoms with Gasteiger partial charge in [-0.3, -0.25) is 0 Å². The minimum atomic E-state index is -0.442. The second-order valence-electron chi connectivity index (χ2n) is 9.07. The van der Waals surface area contributed by atoms with Crippen LogP contribution in [0.3, 0.4) is 0 Å². The number of benzene rings is 2. The number of nitrogens with one attached hydrogen (secondary N) is 3. The van der Waals surface area contributed by atoms with E-state index < -0.39 is 6.04 Å². The van der Waals surface area contributed by atoms with Crippen LogP contribution in [0.25, 0.3) is 0 Å². The molecular weight excluding hydrogens is 460 g/mol. The molecule has 186 valence electrons. The molecule has 0 aromatic heterocycles. The molecule has 0 saturated heterocycles. The largest absolute Gasteiger partial charge is 0.462 e. The first kappa shape index (κ1) is 26.2. The Bertz CT molecular complexity index is 1140. The van der Waals surface area contributed by atoms with Crippen molar-refractivity contribution in [2.45, 2.75) is 47.6 Å². The molecule has 2 aromatic carbocycles. The lowest BCUT2D eigenvalue weighted by atomic mass is 9.95. The van der Waals surface area contributed by atoms with Crippen LogP contribution >= 0.6 is 12.2 Å². The number of carbonyl (C=O) groups is 2. The van der Waals surface area contributed by atoms with Gasteiger partial charge in [-0.2, -0.15) is 0 Å². The van der Waals surface area contributed by atoms with Gasteiger partial charge in [0, 0.05) is 23.6 Å². The summed E-state index contributed by atoms with van der Waals surface area (Å²) in [6.45, 7) is 12.8. The van der Waals surface area contributed by atoms with E-state index >= 15 is 0 Å². The van der Waals surface area contributed by atoms with Crippen molar-refractivity contribution >= 4 is 40.7 Å². The van der Waals surface area contributed by atoms with E-state index in [1.165, 1.54) is 0 Å². The Morgan fingerprint density at radius 3 is 2.40 bits per heavy atom. The van der Waals surface area contributed by atoms with Gasteiger partial charge in [-0.15, -0.1) is 0 Å². The number of thiocarbonyl (C=S) groups is 1. The topological polar surface area (TPSA) is 82.7 Å². The molecule has 1 aliphatic heterocycles. The zero-order chi connectivity index (χ0) is 25.7. The van der Waals surface area contributed by atoms with Crippen LogP contribution in [0.2, 0.25) is 0 Å². The van der Waals surface area contributed by atoms with Gasteiger partial charge in [0.05, 0.1) is 18.2 Å². The highest BCUT2D eigenvalue weighted by Crippen LogP contribution is 2.32. The lowest BCUT2D eigenvalue weighted by Crippen LogP contribution is -2.47. The fourth-order valence-corrected chi connectivity index (χ4v) is 4.31. The van der Waals surface area contributed by atoms with Crippen molar-refractivity contribution in [3.63, 3.8) is 0 Å². The number of anilines is 2. The van der Waals surface area contributed by atoms with Crippen LogP contribution in [0.4, 0.5) is 16.2 Å². The third kappa shape index (κ3) is 6.19. The summed E-state index contributed by atoms with van der Waals surface area (Å²) in [4.78, 5) is 27.5. The molecule has 1 heterocycles. The van der Waals surface area contributed by atoms with Crippen molar-refractivity contribution in [1.29, 1.82) is 0 Å². The highest BCUT2D eigenvalue weighted by Gasteiger charge is 2.34. The van der Waals surface area contributed by atoms with E-state index in [1.54, 1.807) is 12.1 Å². The van der Waals surface area contributed by atoms with Crippen LogP contribution < -0.4 is 16.0 Å². The van der Waals surface area contributed by atoms with E-state index in [9.17, 15) is 9.59 Å². The predicted octanol–water partition coefficient (Wildman–Crippen LogP) is 5.67. The van der Waals surface area contributed by atoms with Gasteiger partial charge >= 0.3 is 12.0 Å². The molecule has 35 heavy (non-hydrogen) atoms. The first-order valence-corrected chi connectivity index (χ1v) is 12.2. The number of hydrogen-bond donors (Lipinski definition) is 3. The number of carbonyl (C=O) groups excluding carboxylic acids is 2. The maximum Gasteiger partial charge on any atom is 0.338 e. The summed E-state index contributed by atoms with van der Waals surface area (Å²) in [6.07, 6.45) is 0. The van der Waals surface area contributed by atoms with E-state index in [2.05, 4.69) is 16.0 Å². The zero-order valence-corrected chi connectivity index (χ0v) is 22.0. The number of esters is 1. The lowest BCUT2D eigenvalue weighted by molar-refractivity contribution is -0.140. The van der Waals surface area contributed by atoms with E-state index in [-0.39, 0.29) is 17.9 Å². The molecule has 0 aliphatic carbocycles. The van der Waals surface area contributed by atoms with Crippen LogP contribution in [0.15, 0.2) is 53.7 Å². The first-order valence-electron chi connectivity index (χ1n) is 11.8. The average molecular weight is 495 g/mol. The van der Waals surface area contributed by atoms with Crippen molar-refractivity contribution < 1.29 is 14.3 Å². The standard InChI is InChI=1S/C27H34N4O3S/c1-7-31-19(6)23(25(32)34-15-16(2)3)24(30-27(31)35)20-11-13-21(14-12-20)28-26(33)29-22-10-8-9-17(4)18(22)5/h8-14,16,24H,7,15H2,1-6H3,(H,30,35)(H2,28,29,33). The molecule has 2 amide bonds. The predicted molar refractivity (Wildman–Crippen MR) is 144 cm³/mol. The van der Waals surface area contributed by atoms with Crippen LogP contribution in [0.1, 0.15) is 50.4 Å². The molecule has 0 spiro atoms. The molecule has 0 radical (unpaired) electrons. The number of nitrogens with zero attached hydrogens (tertiary/aromatic N) is 1. The van der Waals surface area contributed by atoms with Crippen molar-refractivity contribution in [3.05, 3.63) is 70.4 Å². The Kier molecular flexibility index (Phi) is 8.51. The number of urea groups is 1. The number of amides is 2. The van der Waals surface area contributed by atoms with E-state index in [0.717, 1.165) is 28.1 Å². The summed E-state index contributed by atoms with van der Waals surface area (Å²) in [5, 5.41) is 9.60. The Hall–Kier alpha value is -3.39. The number of rotatable bonds is 7. The van der Waals surface area contributed by atoms with E-state index in [1.807, 2.05) is 76.8 Å². The Morgan fingerprint density at radius 2 is 1.77 bits per heavy atom. The second kappa shape index (κ2) is 11.4. The average Bonchev–Trinajstić information content (AvgIpc) is 2.81. The van der Waals surface area contributed by atoms with Gasteiger partial charge in [-0.1, -0.05) is 38.1 Å². The van der Waals surface area contributed by atoms with Gasteiger partial charge < -0.3 is 25.6 Å². The third-order valence-corrected chi connectivity index (χ3v) is 6.37. The van der Waals surface area contributed by atoms with Crippen molar-refractivity contribution in [2.75, 3.05) is 23.8 Å². The van der Waals surface area contributed by atoms with Crippen molar-refractivity contribution in [2.24, 2.45) is 5.92 Å².